The van der Waals surface area contributed by atoms with Crippen molar-refractivity contribution in [3.63, 3.8) is 0 Å². The molecule has 0 fully saturated rings. The number of hydrogen-bond donors (Lipinski definition) is 0. The Balaban J connectivity index is 3.73. The summed E-state index contributed by atoms with van der Waals surface area (Å²) < 4.78 is 0. The fourth-order valence-corrected chi connectivity index (χ4v) is 0.651. The summed E-state index contributed by atoms with van der Waals surface area (Å²) in [6, 6.07) is 0. The Morgan fingerprint density at radius 3 is 2.64 bits per heavy atom. The molecule has 0 rings (SSSR count). The Hall–Kier alpha value is -1.07. The van der Waals surface area contributed by atoms with E-state index in [0.29, 0.717) is 0 Å². The van der Waals surface area contributed by atoms with Crippen LogP contribution in [0.1, 0.15) is 26.7 Å². The highest BCUT2D eigenvalue weighted by molar-refractivity contribution is 5.51. The summed E-state index contributed by atoms with van der Waals surface area (Å²) in [5.74, 6) is 1.87. The second-order valence-corrected chi connectivity index (χ2v) is 2.57. The summed E-state index contributed by atoms with van der Waals surface area (Å²) in [4.78, 5) is 10.0. The molecule has 60 valence electrons. The van der Waals surface area contributed by atoms with Gasteiger partial charge in [-0.05, 0) is 26.7 Å². The minimum atomic E-state index is 0.776. The lowest BCUT2D eigenvalue weighted by Crippen LogP contribution is -1.76. The summed E-state index contributed by atoms with van der Waals surface area (Å²) in [6.45, 7) is 7.41. The smallest absolute Gasteiger partial charge is 0.123 e. The van der Waals surface area contributed by atoms with Crippen molar-refractivity contribution in [1.29, 1.82) is 0 Å². The van der Waals surface area contributed by atoms with Crippen molar-refractivity contribution in [3.05, 3.63) is 29.9 Å². The van der Waals surface area contributed by atoms with Crippen LogP contribution in [0.15, 0.2) is 29.9 Å². The van der Waals surface area contributed by atoms with E-state index in [1.165, 1.54) is 0 Å². The first-order valence-electron chi connectivity index (χ1n) is 3.70. The molecule has 0 aliphatic rings. The predicted octanol–water partition coefficient (Wildman–Crippen LogP) is 2.68. The van der Waals surface area contributed by atoms with Gasteiger partial charge in [0, 0.05) is 5.57 Å². The predicted molar refractivity (Wildman–Crippen MR) is 48.1 cm³/mol. The van der Waals surface area contributed by atoms with Crippen LogP contribution in [0.25, 0.3) is 0 Å². The first-order valence-corrected chi connectivity index (χ1v) is 3.70. The van der Waals surface area contributed by atoms with E-state index in [1.54, 1.807) is 13.0 Å². The highest BCUT2D eigenvalue weighted by Gasteiger charge is 1.87. The van der Waals surface area contributed by atoms with E-state index in [4.69, 9.17) is 0 Å². The average molecular weight is 150 g/mol. The number of allylic oxidation sites excluding steroid dienone is 4. The van der Waals surface area contributed by atoms with Gasteiger partial charge in [0.2, 0.25) is 0 Å². The maximum Gasteiger partial charge on any atom is 0.123 e. The molecule has 0 bridgehead atoms. The Labute approximate surface area is 68.1 Å². The molecule has 11 heavy (non-hydrogen) atoms. The first kappa shape index (κ1) is 9.93. The zero-order chi connectivity index (χ0) is 8.69. The molecule has 0 saturated heterocycles. The van der Waals surface area contributed by atoms with Gasteiger partial charge in [-0.1, -0.05) is 24.3 Å². The van der Waals surface area contributed by atoms with Crippen LogP contribution in [-0.4, -0.2) is 5.94 Å². The third-order valence-corrected chi connectivity index (χ3v) is 1.48. The van der Waals surface area contributed by atoms with Crippen LogP contribution >= 0.6 is 0 Å². The maximum absolute atomic E-state index is 10.0. The zero-order valence-electron chi connectivity index (χ0n) is 7.18. The van der Waals surface area contributed by atoms with Gasteiger partial charge >= 0.3 is 0 Å². The molecule has 0 amide bonds. The van der Waals surface area contributed by atoms with Crippen LogP contribution in [0.2, 0.25) is 0 Å². The van der Waals surface area contributed by atoms with Crippen molar-refractivity contribution in [3.8, 4) is 0 Å². The monoisotopic (exact) mass is 150 g/mol. The van der Waals surface area contributed by atoms with Crippen molar-refractivity contribution >= 4 is 5.94 Å². The van der Waals surface area contributed by atoms with Crippen LogP contribution in [-0.2, 0) is 4.79 Å². The maximum atomic E-state index is 10.0. The third-order valence-electron chi connectivity index (χ3n) is 1.48. The summed E-state index contributed by atoms with van der Waals surface area (Å²) >= 11 is 0. The molecular formula is C10H14O. The Kier molecular flexibility index (Phi) is 5.14. The molecule has 1 heteroatoms. The molecule has 0 aromatic carbocycles. The fraction of sp³-hybridized carbons (Fsp3) is 0.400. The van der Waals surface area contributed by atoms with Crippen molar-refractivity contribution in [2.45, 2.75) is 26.7 Å². The molecule has 0 atom stereocenters. The topological polar surface area (TPSA) is 17.1 Å². The largest absolute Gasteiger partial charge is 0.234 e. The minimum absolute atomic E-state index is 0.776. The number of rotatable bonds is 4. The molecule has 0 aromatic heterocycles. The second kappa shape index (κ2) is 5.70. The van der Waals surface area contributed by atoms with Gasteiger partial charge in [-0.2, -0.15) is 0 Å². The fourth-order valence-electron chi connectivity index (χ4n) is 0.651. The lowest BCUT2D eigenvalue weighted by molar-refractivity contribution is 0.566. The van der Waals surface area contributed by atoms with Gasteiger partial charge < -0.3 is 0 Å². The Morgan fingerprint density at radius 1 is 1.55 bits per heavy atom. The van der Waals surface area contributed by atoms with Gasteiger partial charge in [-0.25, -0.2) is 4.79 Å². The lowest BCUT2D eigenvalue weighted by atomic mass is 10.1. The van der Waals surface area contributed by atoms with E-state index in [0.717, 1.165) is 24.0 Å². The van der Waals surface area contributed by atoms with Crippen molar-refractivity contribution in [2.24, 2.45) is 0 Å². The van der Waals surface area contributed by atoms with Crippen molar-refractivity contribution < 1.29 is 4.79 Å². The van der Waals surface area contributed by atoms with E-state index in [9.17, 15) is 4.79 Å². The minimum Gasteiger partial charge on any atom is -0.234 e. The second-order valence-electron chi connectivity index (χ2n) is 2.57. The molecule has 0 saturated carbocycles. The summed E-state index contributed by atoms with van der Waals surface area (Å²) in [6.07, 6.45) is 5.57. The molecular weight excluding hydrogens is 136 g/mol. The molecule has 0 radical (unpaired) electrons. The normalized spacial score (nSPS) is 10.5. The highest BCUT2D eigenvalue weighted by atomic mass is 16.1. The summed E-state index contributed by atoms with van der Waals surface area (Å²) in [5.41, 5.74) is 1.93. The van der Waals surface area contributed by atoms with Gasteiger partial charge in [0.15, 0.2) is 0 Å². The van der Waals surface area contributed by atoms with Crippen LogP contribution in [0.5, 0.6) is 0 Å². The molecule has 0 N–H and O–H groups in total. The Morgan fingerprint density at radius 2 is 2.18 bits per heavy atom. The van der Waals surface area contributed by atoms with Crippen molar-refractivity contribution in [1.82, 2.24) is 0 Å². The standard InChI is InChI=1S/C10H14O/c1-4-9(2)6-5-7-10(3)8-11/h4,6H,1,5,7H2,2-3H3/b9-6+. The zero-order valence-corrected chi connectivity index (χ0v) is 7.18. The van der Waals surface area contributed by atoms with Gasteiger partial charge in [0.25, 0.3) is 0 Å². The first-order chi connectivity index (χ1) is 5.20. The Bertz CT molecular complexity index is 205. The molecule has 0 aliphatic heterocycles. The van der Waals surface area contributed by atoms with Gasteiger partial charge in [-0.3, -0.25) is 0 Å². The molecule has 0 aliphatic carbocycles. The lowest BCUT2D eigenvalue weighted by Gasteiger charge is -1.92. The van der Waals surface area contributed by atoms with Crippen LogP contribution in [0, 0.1) is 0 Å². The summed E-state index contributed by atoms with van der Waals surface area (Å²) in [5, 5.41) is 0. The van der Waals surface area contributed by atoms with E-state index in [1.807, 2.05) is 12.9 Å². The highest BCUT2D eigenvalue weighted by Crippen LogP contribution is 2.03. The molecule has 1 nitrogen and oxygen atoms in total. The van der Waals surface area contributed by atoms with Gasteiger partial charge in [-0.15, -0.1) is 0 Å². The number of carbonyl (C=O) groups excluding carboxylic acids is 1. The quantitative estimate of drug-likeness (QED) is 0.445. The van der Waals surface area contributed by atoms with Crippen molar-refractivity contribution in [2.75, 3.05) is 0 Å². The van der Waals surface area contributed by atoms with Crippen LogP contribution < -0.4 is 0 Å². The average Bonchev–Trinajstić information content (AvgIpc) is 2.04. The molecule has 0 unspecified atom stereocenters. The number of hydrogen-bond acceptors (Lipinski definition) is 1. The summed E-state index contributed by atoms with van der Waals surface area (Å²) in [7, 11) is 0. The van der Waals surface area contributed by atoms with Crippen LogP contribution in [0.4, 0.5) is 0 Å². The van der Waals surface area contributed by atoms with E-state index < -0.39 is 0 Å². The molecule has 0 spiro atoms. The van der Waals surface area contributed by atoms with Crippen LogP contribution in [0.3, 0.4) is 0 Å². The van der Waals surface area contributed by atoms with E-state index in [2.05, 4.69) is 12.7 Å². The van der Waals surface area contributed by atoms with Gasteiger partial charge in [0.1, 0.15) is 5.94 Å². The third kappa shape index (κ3) is 5.38. The molecule has 0 aromatic rings. The molecule has 0 heterocycles. The van der Waals surface area contributed by atoms with Gasteiger partial charge in [0.05, 0.1) is 0 Å². The van der Waals surface area contributed by atoms with E-state index in [-0.39, 0.29) is 0 Å². The SMILES string of the molecule is C=C/C(C)=C/CCC(C)=C=O. The van der Waals surface area contributed by atoms with E-state index >= 15 is 0 Å².